The quantitative estimate of drug-likeness (QED) is 0.756. The van der Waals surface area contributed by atoms with Gasteiger partial charge in [0.05, 0.1) is 0 Å². The van der Waals surface area contributed by atoms with E-state index in [-0.39, 0.29) is 42.1 Å². The number of hydrogen-bond acceptors (Lipinski definition) is 3. The van der Waals surface area contributed by atoms with E-state index in [9.17, 15) is 9.59 Å². The maximum absolute atomic E-state index is 12.2. The molecule has 0 aliphatic heterocycles. The molecule has 2 rings (SSSR count). The van der Waals surface area contributed by atoms with Gasteiger partial charge in [0.1, 0.15) is 0 Å². The molecule has 0 spiro atoms. The van der Waals surface area contributed by atoms with Crippen molar-refractivity contribution in [2.75, 3.05) is 10.6 Å². The van der Waals surface area contributed by atoms with Crippen LogP contribution in [0.3, 0.4) is 0 Å². The molecule has 1 aromatic carbocycles. The molecule has 0 bridgehead atoms. The number of anilines is 2. The van der Waals surface area contributed by atoms with Crippen molar-refractivity contribution >= 4 is 35.6 Å². The van der Waals surface area contributed by atoms with Gasteiger partial charge in [-0.15, -0.1) is 12.4 Å². The van der Waals surface area contributed by atoms with Gasteiger partial charge < -0.3 is 16.4 Å². The minimum absolute atomic E-state index is 0. The zero-order valence-corrected chi connectivity index (χ0v) is 15.2. The third-order valence-electron chi connectivity index (χ3n) is 4.35. The first-order chi connectivity index (χ1) is 11.0. The maximum Gasteiger partial charge on any atom is 0.226 e. The van der Waals surface area contributed by atoms with Gasteiger partial charge in [0, 0.05) is 29.8 Å². The van der Waals surface area contributed by atoms with Gasteiger partial charge >= 0.3 is 0 Å². The Balaban J connectivity index is 0.00000288. The van der Waals surface area contributed by atoms with E-state index < -0.39 is 0 Å². The Hall–Kier alpha value is -1.59. The molecule has 2 amide bonds. The molecular formula is C18H28ClN3O2. The number of amides is 2. The average molecular weight is 354 g/mol. The summed E-state index contributed by atoms with van der Waals surface area (Å²) in [6.45, 7) is 3.68. The van der Waals surface area contributed by atoms with Crippen LogP contribution in [0.15, 0.2) is 24.3 Å². The summed E-state index contributed by atoms with van der Waals surface area (Å²) in [6, 6.07) is 7.36. The van der Waals surface area contributed by atoms with Crippen LogP contribution in [0.25, 0.3) is 0 Å². The first-order valence-corrected chi connectivity index (χ1v) is 8.42. The number of nitrogens with one attached hydrogen (secondary N) is 2. The van der Waals surface area contributed by atoms with Crippen LogP contribution in [0.5, 0.6) is 0 Å². The van der Waals surface area contributed by atoms with E-state index in [0.29, 0.717) is 17.8 Å². The van der Waals surface area contributed by atoms with Crippen LogP contribution < -0.4 is 16.4 Å². The fourth-order valence-corrected chi connectivity index (χ4v) is 2.90. The predicted octanol–water partition coefficient (Wildman–Crippen LogP) is 3.55. The molecule has 6 heteroatoms. The highest BCUT2D eigenvalue weighted by molar-refractivity contribution is 5.94. The molecule has 5 nitrogen and oxygen atoms in total. The van der Waals surface area contributed by atoms with Gasteiger partial charge in [-0.05, 0) is 37.0 Å². The fourth-order valence-electron chi connectivity index (χ4n) is 2.90. The van der Waals surface area contributed by atoms with E-state index in [0.717, 1.165) is 25.7 Å². The third-order valence-corrected chi connectivity index (χ3v) is 4.35. The standard InChI is InChI=1S/C18H27N3O2.ClH/c1-12(2)18(23)21-15-8-5-7-14(11-15)20-17(22)10-13-6-3-4-9-16(13)19;/h5,7-8,11-13,16H,3-4,6,9-10,19H2,1-2H3,(H,20,22)(H,21,23);1H. The van der Waals surface area contributed by atoms with E-state index in [1.54, 1.807) is 6.07 Å². The number of rotatable bonds is 5. The predicted molar refractivity (Wildman–Crippen MR) is 100 cm³/mol. The summed E-state index contributed by atoms with van der Waals surface area (Å²) in [6.07, 6.45) is 4.82. The highest BCUT2D eigenvalue weighted by Gasteiger charge is 2.24. The second-order valence-corrected chi connectivity index (χ2v) is 6.69. The minimum atomic E-state index is -0.0824. The molecule has 1 saturated carbocycles. The summed E-state index contributed by atoms with van der Waals surface area (Å²) in [5.41, 5.74) is 7.49. The normalized spacial score (nSPS) is 20.2. The summed E-state index contributed by atoms with van der Waals surface area (Å²) >= 11 is 0. The second-order valence-electron chi connectivity index (χ2n) is 6.69. The number of carbonyl (C=O) groups excluding carboxylic acids is 2. The van der Waals surface area contributed by atoms with Gasteiger partial charge in [0.2, 0.25) is 11.8 Å². The Morgan fingerprint density at radius 2 is 1.79 bits per heavy atom. The van der Waals surface area contributed by atoms with Crippen molar-refractivity contribution in [3.63, 3.8) is 0 Å². The molecule has 1 fully saturated rings. The van der Waals surface area contributed by atoms with E-state index in [1.807, 2.05) is 32.0 Å². The van der Waals surface area contributed by atoms with Crippen molar-refractivity contribution in [1.29, 1.82) is 0 Å². The highest BCUT2D eigenvalue weighted by Crippen LogP contribution is 2.26. The molecule has 134 valence electrons. The van der Waals surface area contributed by atoms with Crippen molar-refractivity contribution < 1.29 is 9.59 Å². The monoisotopic (exact) mass is 353 g/mol. The Morgan fingerprint density at radius 1 is 1.17 bits per heavy atom. The Morgan fingerprint density at radius 3 is 2.42 bits per heavy atom. The van der Waals surface area contributed by atoms with Crippen LogP contribution in [-0.2, 0) is 9.59 Å². The molecule has 0 heterocycles. The van der Waals surface area contributed by atoms with E-state index in [4.69, 9.17) is 5.73 Å². The van der Waals surface area contributed by atoms with Crippen LogP contribution >= 0.6 is 12.4 Å². The lowest BCUT2D eigenvalue weighted by molar-refractivity contribution is -0.119. The maximum atomic E-state index is 12.2. The van der Waals surface area contributed by atoms with Crippen molar-refractivity contribution in [2.45, 2.75) is 52.0 Å². The molecule has 1 aliphatic rings. The molecule has 1 aliphatic carbocycles. The van der Waals surface area contributed by atoms with E-state index in [2.05, 4.69) is 10.6 Å². The smallest absolute Gasteiger partial charge is 0.226 e. The van der Waals surface area contributed by atoms with Gasteiger partial charge in [-0.1, -0.05) is 32.8 Å². The molecule has 4 N–H and O–H groups in total. The largest absolute Gasteiger partial charge is 0.327 e. The zero-order valence-electron chi connectivity index (χ0n) is 14.4. The average Bonchev–Trinajstić information content (AvgIpc) is 2.49. The van der Waals surface area contributed by atoms with Crippen LogP contribution in [0.4, 0.5) is 11.4 Å². The first-order valence-electron chi connectivity index (χ1n) is 8.42. The van der Waals surface area contributed by atoms with Crippen LogP contribution in [0, 0.1) is 11.8 Å². The lowest BCUT2D eigenvalue weighted by atomic mass is 9.83. The lowest BCUT2D eigenvalue weighted by Crippen LogP contribution is -2.35. The van der Waals surface area contributed by atoms with Crippen LogP contribution in [-0.4, -0.2) is 17.9 Å². The SMILES string of the molecule is CC(C)C(=O)Nc1cccc(NC(=O)CC2CCCCC2N)c1.Cl. The Kier molecular flexibility index (Phi) is 8.22. The number of carbonyl (C=O) groups is 2. The van der Waals surface area contributed by atoms with Gasteiger partial charge in [0.25, 0.3) is 0 Å². The molecule has 2 unspecified atom stereocenters. The Bertz CT molecular complexity index is 563. The summed E-state index contributed by atoms with van der Waals surface area (Å²) < 4.78 is 0. The van der Waals surface area contributed by atoms with Gasteiger partial charge in [-0.3, -0.25) is 9.59 Å². The number of hydrogen-bond donors (Lipinski definition) is 3. The zero-order chi connectivity index (χ0) is 16.8. The van der Waals surface area contributed by atoms with Gasteiger partial charge in [0.15, 0.2) is 0 Å². The Labute approximate surface area is 150 Å². The molecule has 0 saturated heterocycles. The molecule has 24 heavy (non-hydrogen) atoms. The fraction of sp³-hybridized carbons (Fsp3) is 0.556. The van der Waals surface area contributed by atoms with Gasteiger partial charge in [-0.2, -0.15) is 0 Å². The summed E-state index contributed by atoms with van der Waals surface area (Å²) in [4.78, 5) is 23.9. The summed E-state index contributed by atoms with van der Waals surface area (Å²) in [7, 11) is 0. The minimum Gasteiger partial charge on any atom is -0.327 e. The number of halogens is 1. The number of benzene rings is 1. The summed E-state index contributed by atoms with van der Waals surface area (Å²) in [5.74, 6) is 0.134. The molecule has 1 aromatic rings. The van der Waals surface area contributed by atoms with Crippen molar-refractivity contribution in [3.05, 3.63) is 24.3 Å². The van der Waals surface area contributed by atoms with Crippen molar-refractivity contribution in [1.82, 2.24) is 0 Å². The van der Waals surface area contributed by atoms with Crippen LogP contribution in [0.1, 0.15) is 46.0 Å². The lowest BCUT2D eigenvalue weighted by Gasteiger charge is -2.27. The van der Waals surface area contributed by atoms with Gasteiger partial charge in [-0.25, -0.2) is 0 Å². The third kappa shape index (κ3) is 6.13. The molecular weight excluding hydrogens is 326 g/mol. The molecule has 0 aromatic heterocycles. The number of nitrogens with two attached hydrogens (primary N) is 1. The molecule has 0 radical (unpaired) electrons. The topological polar surface area (TPSA) is 84.2 Å². The summed E-state index contributed by atoms with van der Waals surface area (Å²) in [5, 5.41) is 5.74. The molecule has 2 atom stereocenters. The van der Waals surface area contributed by atoms with Crippen LogP contribution in [0.2, 0.25) is 0 Å². The highest BCUT2D eigenvalue weighted by atomic mass is 35.5. The second kappa shape index (κ2) is 9.64. The van der Waals surface area contributed by atoms with E-state index >= 15 is 0 Å². The van der Waals surface area contributed by atoms with Crippen molar-refractivity contribution in [2.24, 2.45) is 17.6 Å². The first kappa shape index (κ1) is 20.5. The van der Waals surface area contributed by atoms with E-state index in [1.165, 1.54) is 0 Å². The van der Waals surface area contributed by atoms with Crippen molar-refractivity contribution in [3.8, 4) is 0 Å².